The van der Waals surface area contributed by atoms with Gasteiger partial charge in [0.15, 0.2) is 0 Å². The maximum absolute atomic E-state index is 12.4. The van der Waals surface area contributed by atoms with E-state index < -0.39 is 0 Å². The maximum atomic E-state index is 12.4. The minimum absolute atomic E-state index is 0.0817. The summed E-state index contributed by atoms with van der Waals surface area (Å²) >= 11 is 0. The van der Waals surface area contributed by atoms with Crippen LogP contribution < -0.4 is 10.6 Å². The molecule has 0 saturated carbocycles. The van der Waals surface area contributed by atoms with Gasteiger partial charge in [-0.05, 0) is 43.9 Å². The number of carbonyl (C=O) groups is 1. The number of fused-ring (bicyclic) bond motifs is 1. The van der Waals surface area contributed by atoms with E-state index in [1.54, 1.807) is 13.2 Å². The molecule has 7 nitrogen and oxygen atoms in total. The van der Waals surface area contributed by atoms with Crippen molar-refractivity contribution in [1.82, 2.24) is 20.3 Å². The highest BCUT2D eigenvalue weighted by molar-refractivity contribution is 5.92. The zero-order valence-corrected chi connectivity index (χ0v) is 14.6. The summed E-state index contributed by atoms with van der Waals surface area (Å²) in [5.74, 6) is 0.498. The Labute approximate surface area is 147 Å². The van der Waals surface area contributed by atoms with E-state index >= 15 is 0 Å². The smallest absolute Gasteiger partial charge is 0.270 e. The molecule has 1 amide bonds. The number of anilines is 1. The number of rotatable bonds is 6. The second-order valence-electron chi connectivity index (χ2n) is 6.16. The SMILES string of the molecule is COCCNc1ncc2c(n1)CCC(NC(=O)c1cccc(C)n1)C2. The Bertz CT molecular complexity index is 750. The van der Waals surface area contributed by atoms with E-state index in [1.807, 2.05) is 25.3 Å². The molecule has 0 aliphatic heterocycles. The molecule has 2 N–H and O–H groups in total. The first kappa shape index (κ1) is 17.3. The predicted molar refractivity (Wildman–Crippen MR) is 94.7 cm³/mol. The zero-order chi connectivity index (χ0) is 17.6. The summed E-state index contributed by atoms with van der Waals surface area (Å²) in [6.45, 7) is 3.17. The quantitative estimate of drug-likeness (QED) is 0.775. The summed E-state index contributed by atoms with van der Waals surface area (Å²) in [6, 6.07) is 5.54. The van der Waals surface area contributed by atoms with E-state index in [9.17, 15) is 4.79 Å². The molecule has 1 aliphatic rings. The molecule has 0 fully saturated rings. The van der Waals surface area contributed by atoms with E-state index in [1.165, 1.54) is 0 Å². The van der Waals surface area contributed by atoms with Crippen LogP contribution >= 0.6 is 0 Å². The molecule has 2 heterocycles. The first-order valence-electron chi connectivity index (χ1n) is 8.48. The lowest BCUT2D eigenvalue weighted by Crippen LogP contribution is -2.39. The third kappa shape index (κ3) is 4.51. The van der Waals surface area contributed by atoms with Crippen molar-refractivity contribution in [2.24, 2.45) is 0 Å². The Morgan fingerprint density at radius 1 is 1.36 bits per heavy atom. The molecular formula is C18H23N5O2. The number of amides is 1. The summed E-state index contributed by atoms with van der Waals surface area (Å²) in [6.07, 6.45) is 4.27. The molecule has 0 saturated heterocycles. The van der Waals surface area contributed by atoms with Crippen molar-refractivity contribution in [3.05, 3.63) is 47.0 Å². The van der Waals surface area contributed by atoms with Gasteiger partial charge < -0.3 is 15.4 Å². The van der Waals surface area contributed by atoms with Crippen molar-refractivity contribution in [3.8, 4) is 0 Å². The molecule has 3 rings (SSSR count). The van der Waals surface area contributed by atoms with Gasteiger partial charge in [-0.3, -0.25) is 4.79 Å². The van der Waals surface area contributed by atoms with Crippen LogP contribution in [0.15, 0.2) is 24.4 Å². The fraction of sp³-hybridized carbons (Fsp3) is 0.444. The third-order valence-electron chi connectivity index (χ3n) is 4.20. The van der Waals surface area contributed by atoms with E-state index in [2.05, 4.69) is 25.6 Å². The van der Waals surface area contributed by atoms with Crippen LogP contribution in [0.5, 0.6) is 0 Å². The minimum atomic E-state index is -0.129. The average molecular weight is 341 g/mol. The molecule has 132 valence electrons. The van der Waals surface area contributed by atoms with Crippen LogP contribution in [0.2, 0.25) is 0 Å². The van der Waals surface area contributed by atoms with Crippen LogP contribution in [0, 0.1) is 6.92 Å². The average Bonchev–Trinajstić information content (AvgIpc) is 2.62. The summed E-state index contributed by atoms with van der Waals surface area (Å²) < 4.78 is 5.01. The number of ether oxygens (including phenoxy) is 1. The highest BCUT2D eigenvalue weighted by Gasteiger charge is 2.22. The van der Waals surface area contributed by atoms with Crippen molar-refractivity contribution >= 4 is 11.9 Å². The van der Waals surface area contributed by atoms with Crippen LogP contribution in [-0.2, 0) is 17.6 Å². The van der Waals surface area contributed by atoms with Gasteiger partial charge in [0.05, 0.1) is 6.61 Å². The van der Waals surface area contributed by atoms with E-state index in [-0.39, 0.29) is 11.9 Å². The Balaban J connectivity index is 1.60. The van der Waals surface area contributed by atoms with Gasteiger partial charge in [0.1, 0.15) is 5.69 Å². The molecule has 0 bridgehead atoms. The number of hydrogen-bond acceptors (Lipinski definition) is 6. The molecule has 2 aromatic rings. The fourth-order valence-corrected chi connectivity index (χ4v) is 2.91. The number of pyridine rings is 1. The van der Waals surface area contributed by atoms with Crippen LogP contribution in [0.4, 0.5) is 5.95 Å². The molecule has 0 radical (unpaired) electrons. The zero-order valence-electron chi connectivity index (χ0n) is 14.6. The fourth-order valence-electron chi connectivity index (χ4n) is 2.91. The van der Waals surface area contributed by atoms with Gasteiger partial charge in [-0.2, -0.15) is 0 Å². The van der Waals surface area contributed by atoms with Gasteiger partial charge in [0.2, 0.25) is 5.95 Å². The Kier molecular flexibility index (Phi) is 5.55. The third-order valence-corrected chi connectivity index (χ3v) is 4.20. The number of methoxy groups -OCH3 is 1. The first-order chi connectivity index (χ1) is 12.2. The Morgan fingerprint density at radius 2 is 2.24 bits per heavy atom. The number of aryl methyl sites for hydroxylation is 2. The molecule has 1 aliphatic carbocycles. The first-order valence-corrected chi connectivity index (χ1v) is 8.48. The lowest BCUT2D eigenvalue weighted by Gasteiger charge is -2.24. The molecule has 1 unspecified atom stereocenters. The van der Waals surface area contributed by atoms with Crippen LogP contribution in [-0.4, -0.2) is 47.2 Å². The molecule has 1 atom stereocenters. The highest BCUT2D eigenvalue weighted by atomic mass is 16.5. The number of nitrogens with one attached hydrogen (secondary N) is 2. The van der Waals surface area contributed by atoms with E-state index in [0.717, 1.165) is 36.2 Å². The number of hydrogen-bond donors (Lipinski definition) is 2. The van der Waals surface area contributed by atoms with Crippen molar-refractivity contribution in [3.63, 3.8) is 0 Å². The molecule has 0 aromatic carbocycles. The van der Waals surface area contributed by atoms with Crippen LogP contribution in [0.25, 0.3) is 0 Å². The highest BCUT2D eigenvalue weighted by Crippen LogP contribution is 2.20. The van der Waals surface area contributed by atoms with Crippen LogP contribution in [0.1, 0.15) is 33.9 Å². The van der Waals surface area contributed by atoms with Gasteiger partial charge in [-0.25, -0.2) is 15.0 Å². The predicted octanol–water partition coefficient (Wildman–Crippen LogP) is 1.53. The second kappa shape index (κ2) is 8.02. The maximum Gasteiger partial charge on any atom is 0.270 e. The molecule has 7 heteroatoms. The van der Waals surface area contributed by atoms with Crippen molar-refractivity contribution in [1.29, 1.82) is 0 Å². The summed E-state index contributed by atoms with van der Waals surface area (Å²) in [5.41, 5.74) is 3.43. The van der Waals surface area contributed by atoms with Gasteiger partial charge in [-0.1, -0.05) is 6.07 Å². The van der Waals surface area contributed by atoms with Crippen molar-refractivity contribution in [2.45, 2.75) is 32.2 Å². The number of nitrogens with zero attached hydrogens (tertiary/aromatic N) is 3. The molecule has 25 heavy (non-hydrogen) atoms. The lowest BCUT2D eigenvalue weighted by atomic mass is 9.93. The summed E-state index contributed by atoms with van der Waals surface area (Å²) in [5, 5.41) is 6.21. The summed E-state index contributed by atoms with van der Waals surface area (Å²) in [7, 11) is 1.66. The monoisotopic (exact) mass is 341 g/mol. The normalized spacial score (nSPS) is 16.2. The molecular weight excluding hydrogens is 318 g/mol. The number of carbonyl (C=O) groups excluding carboxylic acids is 1. The lowest BCUT2D eigenvalue weighted by molar-refractivity contribution is 0.0928. The van der Waals surface area contributed by atoms with Gasteiger partial charge >= 0.3 is 0 Å². The number of aromatic nitrogens is 3. The Morgan fingerprint density at radius 3 is 3.04 bits per heavy atom. The standard InChI is InChI=1S/C18H23N5O2/c1-12-4-3-5-16(21-12)17(24)22-14-6-7-15-13(10-14)11-20-18(23-15)19-8-9-25-2/h3-5,11,14H,6-10H2,1-2H3,(H,22,24)(H,19,20,23). The molecule has 2 aromatic heterocycles. The molecule has 0 spiro atoms. The van der Waals surface area contributed by atoms with Gasteiger partial charge in [0.25, 0.3) is 5.91 Å². The van der Waals surface area contributed by atoms with Crippen LogP contribution in [0.3, 0.4) is 0 Å². The van der Waals surface area contributed by atoms with Crippen molar-refractivity contribution < 1.29 is 9.53 Å². The largest absolute Gasteiger partial charge is 0.383 e. The van der Waals surface area contributed by atoms with E-state index in [0.29, 0.717) is 24.8 Å². The van der Waals surface area contributed by atoms with Crippen molar-refractivity contribution in [2.75, 3.05) is 25.6 Å². The second-order valence-corrected chi connectivity index (χ2v) is 6.16. The van der Waals surface area contributed by atoms with Gasteiger partial charge in [-0.15, -0.1) is 0 Å². The Hall–Kier alpha value is -2.54. The van der Waals surface area contributed by atoms with E-state index in [4.69, 9.17) is 4.74 Å². The van der Waals surface area contributed by atoms with Gasteiger partial charge in [0, 0.05) is 37.3 Å². The summed E-state index contributed by atoms with van der Waals surface area (Å²) in [4.78, 5) is 25.5. The minimum Gasteiger partial charge on any atom is -0.383 e. The topological polar surface area (TPSA) is 89.0 Å².